The number of aryl methyl sites for hydroxylation is 1. The summed E-state index contributed by atoms with van der Waals surface area (Å²) < 4.78 is 16.7. The number of rotatable bonds is 9. The maximum Gasteiger partial charge on any atom is 0.258 e. The van der Waals surface area contributed by atoms with Gasteiger partial charge in [0, 0.05) is 5.02 Å². The summed E-state index contributed by atoms with van der Waals surface area (Å²) in [6.45, 7) is 8.68. The minimum atomic E-state index is -0.207. The molecule has 1 atom stereocenters. The van der Waals surface area contributed by atoms with Crippen LogP contribution in [-0.2, 0) is 4.79 Å². The number of halogens is 1. The molecule has 2 aromatic rings. The number of ether oxygens (including phenoxy) is 3. The van der Waals surface area contributed by atoms with E-state index in [9.17, 15) is 4.79 Å². The maximum absolute atomic E-state index is 12.2. The number of nitrogens with one attached hydrogen (secondary N) is 1. The highest BCUT2D eigenvalue weighted by Crippen LogP contribution is 2.30. The summed E-state index contributed by atoms with van der Waals surface area (Å²) in [6, 6.07) is 10.8. The highest BCUT2D eigenvalue weighted by Gasteiger charge is 2.14. The van der Waals surface area contributed by atoms with Crippen LogP contribution < -0.4 is 19.5 Å². The lowest BCUT2D eigenvalue weighted by Crippen LogP contribution is -2.31. The van der Waals surface area contributed by atoms with Crippen molar-refractivity contribution < 1.29 is 19.0 Å². The first-order valence-corrected chi connectivity index (χ1v) is 9.40. The van der Waals surface area contributed by atoms with Gasteiger partial charge in [-0.1, -0.05) is 17.7 Å². The Hall–Kier alpha value is -2.40. The largest absolute Gasteiger partial charge is 0.490 e. The molecule has 0 bridgehead atoms. The van der Waals surface area contributed by atoms with Crippen molar-refractivity contribution in [2.45, 2.75) is 33.7 Å². The lowest BCUT2D eigenvalue weighted by Gasteiger charge is -2.18. The van der Waals surface area contributed by atoms with Crippen LogP contribution in [0.4, 0.5) is 0 Å². The van der Waals surface area contributed by atoms with Crippen molar-refractivity contribution in [3.05, 3.63) is 52.5 Å². The molecule has 1 amide bonds. The first kappa shape index (κ1) is 20.9. The van der Waals surface area contributed by atoms with Gasteiger partial charge in [0.25, 0.3) is 5.91 Å². The van der Waals surface area contributed by atoms with Gasteiger partial charge in [0.15, 0.2) is 18.1 Å². The molecule has 1 N–H and O–H groups in total. The smallest absolute Gasteiger partial charge is 0.258 e. The van der Waals surface area contributed by atoms with E-state index in [2.05, 4.69) is 5.32 Å². The Morgan fingerprint density at radius 2 is 1.74 bits per heavy atom. The van der Waals surface area contributed by atoms with E-state index in [1.165, 1.54) is 0 Å². The molecule has 0 aromatic heterocycles. The Morgan fingerprint density at radius 3 is 2.41 bits per heavy atom. The van der Waals surface area contributed by atoms with Crippen molar-refractivity contribution in [2.24, 2.45) is 0 Å². The minimum Gasteiger partial charge on any atom is -0.490 e. The zero-order valence-corrected chi connectivity index (χ0v) is 16.9. The quantitative estimate of drug-likeness (QED) is 0.673. The summed E-state index contributed by atoms with van der Waals surface area (Å²) in [7, 11) is 0. The summed E-state index contributed by atoms with van der Waals surface area (Å²) in [6.07, 6.45) is 0. The van der Waals surface area contributed by atoms with Gasteiger partial charge in [-0.2, -0.15) is 0 Å². The maximum atomic E-state index is 12.2. The number of hydrogen-bond donors (Lipinski definition) is 1. The van der Waals surface area contributed by atoms with Gasteiger partial charge in [0.2, 0.25) is 0 Å². The van der Waals surface area contributed by atoms with Crippen molar-refractivity contribution in [3.63, 3.8) is 0 Å². The van der Waals surface area contributed by atoms with Gasteiger partial charge in [0.1, 0.15) is 5.75 Å². The number of benzene rings is 2. The van der Waals surface area contributed by atoms with Gasteiger partial charge in [-0.25, -0.2) is 0 Å². The lowest BCUT2D eigenvalue weighted by atomic mass is 10.1. The molecule has 2 rings (SSSR count). The molecule has 0 aliphatic carbocycles. The molecule has 0 spiro atoms. The molecular weight excluding hydrogens is 366 g/mol. The number of amides is 1. The van der Waals surface area contributed by atoms with Crippen LogP contribution in [0, 0.1) is 6.92 Å². The van der Waals surface area contributed by atoms with Crippen molar-refractivity contribution in [2.75, 3.05) is 19.8 Å². The predicted octanol–water partition coefficient (Wildman–Crippen LogP) is 4.70. The third-order valence-corrected chi connectivity index (χ3v) is 4.37. The molecule has 146 valence electrons. The van der Waals surface area contributed by atoms with Crippen molar-refractivity contribution in [1.29, 1.82) is 0 Å². The van der Waals surface area contributed by atoms with E-state index in [0.717, 1.165) is 11.1 Å². The second-order valence-electron chi connectivity index (χ2n) is 6.06. The van der Waals surface area contributed by atoms with Crippen LogP contribution in [0.3, 0.4) is 0 Å². The molecule has 0 heterocycles. The normalized spacial score (nSPS) is 11.6. The zero-order chi connectivity index (χ0) is 19.8. The molecule has 0 saturated heterocycles. The monoisotopic (exact) mass is 391 g/mol. The zero-order valence-electron chi connectivity index (χ0n) is 16.2. The van der Waals surface area contributed by atoms with Crippen LogP contribution in [0.1, 0.15) is 37.9 Å². The van der Waals surface area contributed by atoms with Crippen molar-refractivity contribution >= 4 is 17.5 Å². The summed E-state index contributed by atoms with van der Waals surface area (Å²) in [5.74, 6) is 1.77. The Kier molecular flexibility index (Phi) is 7.80. The highest BCUT2D eigenvalue weighted by atomic mass is 35.5. The molecule has 27 heavy (non-hydrogen) atoms. The topological polar surface area (TPSA) is 56.8 Å². The minimum absolute atomic E-state index is 0.0687. The molecule has 0 fully saturated rings. The fourth-order valence-electron chi connectivity index (χ4n) is 2.56. The Labute approximate surface area is 165 Å². The van der Waals surface area contributed by atoms with Crippen LogP contribution in [-0.4, -0.2) is 25.7 Å². The summed E-state index contributed by atoms with van der Waals surface area (Å²) >= 11 is 5.99. The summed E-state index contributed by atoms with van der Waals surface area (Å²) in [4.78, 5) is 12.2. The SMILES string of the molecule is CCOc1ccc([C@@H](C)NC(=O)COc2ccc(Cl)c(C)c2)cc1OCC. The fourth-order valence-corrected chi connectivity index (χ4v) is 2.68. The van der Waals surface area contributed by atoms with Crippen LogP contribution in [0.5, 0.6) is 17.2 Å². The van der Waals surface area contributed by atoms with Gasteiger partial charge in [0.05, 0.1) is 19.3 Å². The number of carbonyl (C=O) groups excluding carboxylic acids is 1. The lowest BCUT2D eigenvalue weighted by molar-refractivity contribution is -0.123. The second-order valence-corrected chi connectivity index (χ2v) is 6.47. The first-order valence-electron chi connectivity index (χ1n) is 9.02. The van der Waals surface area contributed by atoms with Gasteiger partial charge in [-0.3, -0.25) is 4.79 Å². The van der Waals surface area contributed by atoms with E-state index < -0.39 is 0 Å². The van der Waals surface area contributed by atoms with E-state index in [1.807, 2.05) is 45.9 Å². The van der Waals surface area contributed by atoms with Gasteiger partial charge in [-0.15, -0.1) is 0 Å². The van der Waals surface area contributed by atoms with Gasteiger partial charge < -0.3 is 19.5 Å². The van der Waals surface area contributed by atoms with Gasteiger partial charge in [-0.05, 0) is 69.2 Å². The average molecular weight is 392 g/mol. The highest BCUT2D eigenvalue weighted by molar-refractivity contribution is 6.31. The molecule has 0 radical (unpaired) electrons. The Morgan fingerprint density at radius 1 is 1.04 bits per heavy atom. The molecule has 0 aliphatic rings. The third kappa shape index (κ3) is 6.07. The van der Waals surface area contributed by atoms with E-state index >= 15 is 0 Å². The molecule has 2 aromatic carbocycles. The molecule has 6 heteroatoms. The molecule has 0 unspecified atom stereocenters. The van der Waals surface area contributed by atoms with Gasteiger partial charge >= 0.3 is 0 Å². The number of hydrogen-bond acceptors (Lipinski definition) is 4. The van der Waals surface area contributed by atoms with Crippen LogP contribution >= 0.6 is 11.6 Å². The Balaban J connectivity index is 1.96. The van der Waals surface area contributed by atoms with E-state index in [4.69, 9.17) is 25.8 Å². The van der Waals surface area contributed by atoms with Crippen molar-refractivity contribution in [3.8, 4) is 17.2 Å². The van der Waals surface area contributed by atoms with E-state index in [-0.39, 0.29) is 18.6 Å². The standard InChI is InChI=1S/C21H26ClNO4/c1-5-25-19-10-7-16(12-20(19)26-6-2)15(4)23-21(24)13-27-17-8-9-18(22)14(3)11-17/h7-12,15H,5-6,13H2,1-4H3,(H,23,24)/t15-/m1/s1. The predicted molar refractivity (Wildman–Crippen MR) is 107 cm³/mol. The third-order valence-electron chi connectivity index (χ3n) is 3.94. The summed E-state index contributed by atoms with van der Waals surface area (Å²) in [5.41, 5.74) is 1.83. The molecule has 0 aliphatic heterocycles. The molecule has 0 saturated carbocycles. The molecular formula is C21H26ClNO4. The Bertz CT molecular complexity index is 779. The van der Waals surface area contributed by atoms with Crippen LogP contribution in [0.15, 0.2) is 36.4 Å². The number of carbonyl (C=O) groups is 1. The second kappa shape index (κ2) is 10.1. The first-order chi connectivity index (χ1) is 12.9. The van der Waals surface area contributed by atoms with Crippen LogP contribution in [0.25, 0.3) is 0 Å². The fraction of sp³-hybridized carbons (Fsp3) is 0.381. The van der Waals surface area contributed by atoms with Crippen LogP contribution in [0.2, 0.25) is 5.02 Å². The van der Waals surface area contributed by atoms with E-state index in [1.54, 1.807) is 18.2 Å². The summed E-state index contributed by atoms with van der Waals surface area (Å²) in [5, 5.41) is 3.59. The molecule has 5 nitrogen and oxygen atoms in total. The average Bonchev–Trinajstić information content (AvgIpc) is 2.64. The van der Waals surface area contributed by atoms with E-state index in [0.29, 0.717) is 35.5 Å². The van der Waals surface area contributed by atoms with Crippen molar-refractivity contribution in [1.82, 2.24) is 5.32 Å².